The number of aliphatic hydroxyl groups is 1. The Morgan fingerprint density at radius 2 is 1.19 bits per heavy atom. The summed E-state index contributed by atoms with van der Waals surface area (Å²) < 4.78 is 55.9. The molecule has 4 aliphatic rings. The van der Waals surface area contributed by atoms with Gasteiger partial charge in [0.1, 0.15) is 41.2 Å². The molecule has 4 saturated heterocycles. The largest absolute Gasteiger partial charge is 0.519 e. The fraction of sp³-hybridized carbons (Fsp3) is 0.686. The number of ether oxygens (including phenoxy) is 10. The summed E-state index contributed by atoms with van der Waals surface area (Å²) in [6.07, 6.45) is 7.53. The van der Waals surface area contributed by atoms with Crippen LogP contribution in [0.3, 0.4) is 0 Å². The first-order chi connectivity index (χ1) is 37.4. The van der Waals surface area contributed by atoms with Crippen molar-refractivity contribution in [2.45, 2.75) is 175 Å². The molecular weight excluding hydrogens is 1410 g/mol. The Morgan fingerprint density at radius 1 is 0.741 bits per heavy atom. The second kappa shape index (κ2) is 44.6. The van der Waals surface area contributed by atoms with Crippen LogP contribution in [0.5, 0.6) is 0 Å². The number of alkyl halides is 1. The van der Waals surface area contributed by atoms with Crippen LogP contribution in [-0.4, -0.2) is 138 Å². The van der Waals surface area contributed by atoms with Gasteiger partial charge >= 0.3 is 18.4 Å². The van der Waals surface area contributed by atoms with E-state index in [0.29, 0.717) is 21.4 Å². The van der Waals surface area contributed by atoms with Gasteiger partial charge in [0.05, 0.1) is 23.0 Å². The van der Waals surface area contributed by atoms with Gasteiger partial charge < -0.3 is 74.1 Å². The number of hydrogen-bond acceptors (Lipinski definition) is 23. The van der Waals surface area contributed by atoms with Gasteiger partial charge in [-0.2, -0.15) is 0 Å². The molecule has 4 fully saturated rings. The monoisotopic (exact) mass is 1490 g/mol. The first kappa shape index (κ1) is 82.4. The molecule has 0 saturated carbocycles. The van der Waals surface area contributed by atoms with Crippen LogP contribution in [0.2, 0.25) is 0 Å². The van der Waals surface area contributed by atoms with E-state index < -0.39 is 41.0 Å². The molecule has 1 amide bonds. The molecule has 81 heavy (non-hydrogen) atoms. The zero-order chi connectivity index (χ0) is 61.7. The van der Waals surface area contributed by atoms with Crippen LogP contribution in [-0.2, 0) is 72.6 Å². The summed E-state index contributed by atoms with van der Waals surface area (Å²) in [5.41, 5.74) is 14.7. The fourth-order valence-corrected chi connectivity index (χ4v) is 8.57. The van der Waals surface area contributed by atoms with E-state index in [0.717, 1.165) is 96.3 Å². The van der Waals surface area contributed by atoms with Crippen LogP contribution in [0.4, 0.5) is 24.6 Å². The molecule has 3 aromatic rings. The van der Waals surface area contributed by atoms with Crippen LogP contribution in [0, 0.1) is 0 Å². The topological polar surface area (TPSA) is 327 Å². The minimum atomic E-state index is -1.06. The molecule has 7 rings (SSSR count). The van der Waals surface area contributed by atoms with Gasteiger partial charge in [0.2, 0.25) is 5.79 Å². The molecule has 30 heteroatoms. The van der Waals surface area contributed by atoms with Gasteiger partial charge in [0.15, 0.2) is 32.7 Å². The normalized spacial score (nSPS) is 17.7. The van der Waals surface area contributed by atoms with E-state index >= 15 is 0 Å². The Hall–Kier alpha value is -2.80. The number of thiocarbonyl (C=S) groups is 1. The predicted octanol–water partition coefficient (Wildman–Crippen LogP) is 12.3. The Labute approximate surface area is 529 Å². The third kappa shape index (κ3) is 40.2. The number of carbonyl (C=O) groups is 5. The van der Waals surface area contributed by atoms with Crippen LogP contribution >= 0.6 is 79.1 Å². The number of thiazole rings is 2. The summed E-state index contributed by atoms with van der Waals surface area (Å²) >= 11 is 15.8. The number of hydrogen-bond donors (Lipinski definition) is 5. The molecule has 3 aromatic heterocycles. The number of nitrogens with one attached hydrogen (secondary N) is 1. The van der Waals surface area contributed by atoms with Crippen molar-refractivity contribution in [1.29, 1.82) is 0 Å². The maximum Gasteiger partial charge on any atom is 0.519 e. The second-order valence-corrected chi connectivity index (χ2v) is 22.5. The number of aromatic nitrogens is 2. The number of rotatable bonds is 9. The Balaban J connectivity index is -0.000000439. The number of halogens is 3. The smallest absolute Gasteiger partial charge is 0.461 e. The molecule has 7 heterocycles. The number of nitrogen functional groups attached to an aromatic ring is 1. The summed E-state index contributed by atoms with van der Waals surface area (Å²) in [6.45, 7) is 21.8. The number of Topliss-reactive ketones (excluding diaryl/α,β-unsaturated/α-hetero) is 2. The number of methoxy groups -OCH3 is 2. The molecular formula is C51H87Br3N6O17PdS3. The summed E-state index contributed by atoms with van der Waals surface area (Å²) in [5.74, 6) is -0.0428. The van der Waals surface area contributed by atoms with Crippen molar-refractivity contribution in [3.8, 4) is 0 Å². The Kier molecular flexibility index (Phi) is 45.4. The van der Waals surface area contributed by atoms with Crippen LogP contribution < -0.4 is 22.5 Å². The first-order valence-corrected chi connectivity index (χ1v) is 32.0. The van der Waals surface area contributed by atoms with Gasteiger partial charge in [-0.15, -0.1) is 22.7 Å². The molecule has 0 bridgehead atoms. The number of carbonyl (C=O) groups excluding carboxylic acids is 5. The van der Waals surface area contributed by atoms with Gasteiger partial charge in [-0.25, -0.2) is 24.4 Å². The molecule has 0 aliphatic carbocycles. The number of nitrogens with zero attached hydrogens (tertiary/aromatic N) is 2. The number of nitrogens with two attached hydrogens (primary N) is 3. The maximum atomic E-state index is 11.6. The van der Waals surface area contributed by atoms with Gasteiger partial charge in [0, 0.05) is 116 Å². The molecule has 0 spiro atoms. The van der Waals surface area contributed by atoms with E-state index in [9.17, 15) is 24.0 Å². The van der Waals surface area contributed by atoms with Crippen LogP contribution in [0.25, 0.3) is 0 Å². The number of anilines is 2. The SMILES string of the molecule is BrBr.CC(=O)C1CCCO1.CC(=O)c1ccco1.CC(C)(C)OC(=O)Nc1nc(C2CCCO2)cs1.CC(C)(C)OC(=O)OC(=O)OC(C)(C)C.CO.COC(CBr)(OC)C1CCCO1.NC(N)=S.Nc1nc(C2CCCO2)cs1.[HH].[Pd]. The van der Waals surface area contributed by atoms with Crippen molar-refractivity contribution in [3.05, 3.63) is 46.3 Å². The number of furan rings is 1. The third-order valence-corrected chi connectivity index (χ3v) is 11.9. The number of amides is 1. The number of ketones is 2. The van der Waals surface area contributed by atoms with Crippen molar-refractivity contribution in [2.75, 3.05) is 64.1 Å². The summed E-state index contributed by atoms with van der Waals surface area (Å²) in [4.78, 5) is 63.0. The quantitative estimate of drug-likeness (QED) is 0.0194. The minimum absolute atomic E-state index is 0. The summed E-state index contributed by atoms with van der Waals surface area (Å²) in [6, 6.07) is 3.33. The van der Waals surface area contributed by atoms with E-state index in [1.165, 1.54) is 35.9 Å². The van der Waals surface area contributed by atoms with Gasteiger partial charge in [0.25, 0.3) is 0 Å². The van der Waals surface area contributed by atoms with Gasteiger partial charge in [-0.05, 0) is 145 Å². The van der Waals surface area contributed by atoms with E-state index in [1.54, 1.807) is 74.8 Å². The predicted molar refractivity (Wildman–Crippen MR) is 325 cm³/mol. The zero-order valence-corrected chi connectivity index (χ0v) is 57.4. The maximum absolute atomic E-state index is 11.6. The number of aliphatic hydroxyl groups excluding tert-OH is 1. The van der Waals surface area contributed by atoms with Crippen molar-refractivity contribution >= 4 is 124 Å². The van der Waals surface area contributed by atoms with Crippen LogP contribution in [0.1, 0.15) is 163 Å². The molecule has 8 N–H and O–H groups in total. The van der Waals surface area contributed by atoms with E-state index in [-0.39, 0.29) is 62.9 Å². The minimum Gasteiger partial charge on any atom is -0.461 e. The Bertz CT molecular complexity index is 2140. The molecule has 472 valence electrons. The van der Waals surface area contributed by atoms with Crippen LogP contribution in [0.15, 0.2) is 33.6 Å². The van der Waals surface area contributed by atoms with E-state index in [2.05, 4.69) is 87.9 Å². The molecule has 23 nitrogen and oxygen atoms in total. The van der Waals surface area contributed by atoms with Gasteiger partial charge in [-0.3, -0.25) is 14.9 Å². The molecule has 4 atom stereocenters. The van der Waals surface area contributed by atoms with Gasteiger partial charge in [-0.1, -0.05) is 15.9 Å². The zero-order valence-electron chi connectivity index (χ0n) is 48.7. The standard InChI is InChI=1S/C12H18N2O3S.C10H18O5.C8H15BrO3.C7H10N2OS.C6H10O2.C6H6O2.CH4N2S.CH4O.Br2.Pd.H2/c1-12(2,3)17-11(15)14-10-13-8(7-18-10)9-5-4-6-16-9;1-9(2,3)14-7(11)13-8(12)15-10(4,5)6;1-10-8(6-9,11-2)7-4-3-5-12-7;8-7-9-5(4-11-7)6-2-1-3-10-6;2*1-5(7)6-3-2-4-8-6;2-1(3)4;2*1-2;;/h7,9H,4-6H2,1-3H3,(H,13,14,15);1-6H3;7H,3-6H2,1-2H3;4,6H,1-3H2,(H2,8,9);6H,2-4H2,1H3;2-4H,1H3;(H4,2,3,4);2H,1H3;;;1H. The van der Waals surface area contributed by atoms with Crippen molar-refractivity contribution in [1.82, 2.24) is 9.97 Å². The summed E-state index contributed by atoms with van der Waals surface area (Å²) in [5, 5.41) is 15.4. The van der Waals surface area contributed by atoms with Crippen molar-refractivity contribution < 1.29 is 103 Å². The van der Waals surface area contributed by atoms with Crippen molar-refractivity contribution in [2.24, 2.45) is 11.5 Å². The van der Waals surface area contributed by atoms with E-state index in [4.69, 9.17) is 57.9 Å². The second-order valence-electron chi connectivity index (χ2n) is 19.8. The molecule has 0 aromatic carbocycles. The first-order valence-electron chi connectivity index (χ1n) is 25.0. The molecule has 4 aliphatic heterocycles. The average molecular weight is 1500 g/mol. The average Bonchev–Trinajstić information content (AvgIpc) is 4.21. The Morgan fingerprint density at radius 3 is 1.49 bits per heavy atom. The van der Waals surface area contributed by atoms with Crippen molar-refractivity contribution in [3.63, 3.8) is 0 Å². The van der Waals surface area contributed by atoms with E-state index in [1.807, 2.05) is 31.5 Å². The molecule has 4 unspecified atom stereocenters. The fourth-order valence-electron chi connectivity index (χ4n) is 6.41. The third-order valence-electron chi connectivity index (χ3n) is 9.68. The molecule has 0 radical (unpaired) electrons. The summed E-state index contributed by atoms with van der Waals surface area (Å²) in [7, 11) is 4.29.